The average Bonchev–Trinajstić information content (AvgIpc) is 2.79. The minimum Gasteiger partial charge on any atom is -0.390 e. The molecule has 3 saturated heterocycles. The highest BCUT2D eigenvalue weighted by atomic mass is 16.5. The van der Waals surface area contributed by atoms with Crippen molar-refractivity contribution in [3.05, 3.63) is 34.2 Å². The van der Waals surface area contributed by atoms with Gasteiger partial charge in [-0.25, -0.2) is 0 Å². The van der Waals surface area contributed by atoms with Gasteiger partial charge in [-0.3, -0.25) is 9.59 Å². The van der Waals surface area contributed by atoms with Crippen LogP contribution in [0.15, 0.2) is 23.0 Å². The van der Waals surface area contributed by atoms with Crippen molar-refractivity contribution < 1.29 is 19.4 Å². The van der Waals surface area contributed by atoms with Gasteiger partial charge < -0.3 is 28.9 Å². The summed E-state index contributed by atoms with van der Waals surface area (Å²) in [5.41, 5.74) is 1.28. The van der Waals surface area contributed by atoms with Crippen molar-refractivity contribution in [1.29, 1.82) is 0 Å². The Morgan fingerprint density at radius 1 is 1.13 bits per heavy atom. The van der Waals surface area contributed by atoms with Crippen molar-refractivity contribution in [3.63, 3.8) is 0 Å². The van der Waals surface area contributed by atoms with Crippen molar-refractivity contribution in [2.45, 2.75) is 56.5 Å². The summed E-state index contributed by atoms with van der Waals surface area (Å²) < 4.78 is 13.4. The second-order valence-corrected chi connectivity index (χ2v) is 9.51. The zero-order valence-electron chi connectivity index (χ0n) is 18.0. The van der Waals surface area contributed by atoms with Gasteiger partial charge in [0.1, 0.15) is 0 Å². The molecule has 4 aliphatic heterocycles. The Morgan fingerprint density at radius 3 is 2.81 bits per heavy atom. The lowest BCUT2D eigenvalue weighted by atomic mass is 9.83. The number of aromatic nitrogens is 1. The molecule has 8 nitrogen and oxygen atoms in total. The summed E-state index contributed by atoms with van der Waals surface area (Å²) in [7, 11) is 0. The molecule has 5 atom stereocenters. The summed E-state index contributed by atoms with van der Waals surface area (Å²) >= 11 is 0. The van der Waals surface area contributed by atoms with Gasteiger partial charge in [-0.05, 0) is 37.7 Å². The van der Waals surface area contributed by atoms with Crippen LogP contribution in [0.4, 0.5) is 0 Å². The Bertz CT molecular complexity index is 852. The molecule has 5 rings (SSSR count). The third-order valence-electron chi connectivity index (χ3n) is 7.36. The zero-order valence-corrected chi connectivity index (χ0v) is 18.0. The standard InChI is InChI=1S/C23H33N3O5/c27-20-5-4-18(31-22(20)23(29)25-8-10-30-11-9-25)6-7-24-13-16-12-17(15-24)19-2-1-3-21(28)26(19)14-16/h1-3,16-18,20,22,27H,4-15H2/t16-,17+,18-,20-,22-/m0/s1. The van der Waals surface area contributed by atoms with E-state index in [4.69, 9.17) is 9.47 Å². The van der Waals surface area contributed by atoms with E-state index >= 15 is 0 Å². The minimum atomic E-state index is -0.753. The molecular weight excluding hydrogens is 398 g/mol. The Labute approximate surface area is 182 Å². The van der Waals surface area contributed by atoms with Crippen LogP contribution in [-0.2, 0) is 20.8 Å². The first-order chi connectivity index (χ1) is 15.1. The number of aliphatic hydroxyl groups is 1. The molecule has 0 saturated carbocycles. The highest BCUT2D eigenvalue weighted by molar-refractivity contribution is 5.81. The summed E-state index contributed by atoms with van der Waals surface area (Å²) in [6.07, 6.45) is 1.92. The molecule has 1 aromatic rings. The lowest BCUT2D eigenvalue weighted by molar-refractivity contribution is -0.171. The van der Waals surface area contributed by atoms with Crippen LogP contribution >= 0.6 is 0 Å². The lowest BCUT2D eigenvalue weighted by Crippen LogP contribution is -2.53. The molecule has 0 radical (unpaired) electrons. The number of ether oxygens (including phenoxy) is 2. The molecule has 4 aliphatic rings. The molecular formula is C23H33N3O5. The SMILES string of the molecule is O=C([C@H]1O[C@H](CCN2C[C@@H]3C[C@H](C2)c2cccc(=O)n2C3)CC[C@@H]1O)N1CCOCC1. The first kappa shape index (κ1) is 21.1. The van der Waals surface area contributed by atoms with Gasteiger partial charge >= 0.3 is 0 Å². The summed E-state index contributed by atoms with van der Waals surface area (Å²) in [4.78, 5) is 29.3. The van der Waals surface area contributed by atoms with Crippen molar-refractivity contribution in [3.8, 4) is 0 Å². The van der Waals surface area contributed by atoms with Crippen LogP contribution in [-0.4, -0.2) is 89.6 Å². The van der Waals surface area contributed by atoms with Crippen molar-refractivity contribution >= 4 is 5.91 Å². The second-order valence-electron chi connectivity index (χ2n) is 9.51. The maximum absolute atomic E-state index is 12.8. The summed E-state index contributed by atoms with van der Waals surface area (Å²) in [5.74, 6) is 0.817. The number of likely N-dealkylation sites (tertiary alicyclic amines) is 1. The van der Waals surface area contributed by atoms with E-state index in [0.29, 0.717) is 44.6 Å². The third-order valence-corrected chi connectivity index (χ3v) is 7.36. The quantitative estimate of drug-likeness (QED) is 0.744. The molecule has 1 amide bonds. The van der Waals surface area contributed by atoms with Gasteiger partial charge in [0, 0.05) is 56.9 Å². The van der Waals surface area contributed by atoms with Crippen LogP contribution in [0.1, 0.15) is 37.3 Å². The Morgan fingerprint density at radius 2 is 1.97 bits per heavy atom. The van der Waals surface area contributed by atoms with Gasteiger partial charge in [0.15, 0.2) is 6.10 Å². The molecule has 0 aromatic carbocycles. The van der Waals surface area contributed by atoms with Gasteiger partial charge in [-0.1, -0.05) is 6.07 Å². The first-order valence-electron chi connectivity index (χ1n) is 11.7. The minimum absolute atomic E-state index is 0.00457. The van der Waals surface area contributed by atoms with E-state index in [9.17, 15) is 14.7 Å². The number of hydrogen-bond donors (Lipinski definition) is 1. The number of hydrogen-bond acceptors (Lipinski definition) is 6. The summed E-state index contributed by atoms with van der Waals surface area (Å²) in [6, 6.07) is 5.63. The van der Waals surface area contributed by atoms with Crippen LogP contribution in [0.3, 0.4) is 0 Å². The van der Waals surface area contributed by atoms with Gasteiger partial charge in [0.2, 0.25) is 0 Å². The molecule has 0 unspecified atom stereocenters. The van der Waals surface area contributed by atoms with Gasteiger partial charge in [0.05, 0.1) is 25.4 Å². The van der Waals surface area contributed by atoms with Gasteiger partial charge in [0.25, 0.3) is 11.5 Å². The predicted octanol–water partition coefficient (Wildman–Crippen LogP) is 0.425. The maximum atomic E-state index is 12.8. The number of piperidine rings is 1. The molecule has 1 aromatic heterocycles. The predicted molar refractivity (Wildman–Crippen MR) is 114 cm³/mol. The summed E-state index contributed by atoms with van der Waals surface area (Å²) in [6.45, 7) is 5.92. The van der Waals surface area contributed by atoms with Crippen LogP contribution in [0.25, 0.3) is 0 Å². The lowest BCUT2D eigenvalue weighted by Gasteiger charge is -2.43. The number of carbonyl (C=O) groups excluding carboxylic acids is 1. The number of rotatable bonds is 4. The fourth-order valence-electron chi connectivity index (χ4n) is 5.78. The molecule has 3 fully saturated rings. The second kappa shape index (κ2) is 9.02. The Balaban J connectivity index is 1.17. The third kappa shape index (κ3) is 4.44. The summed E-state index contributed by atoms with van der Waals surface area (Å²) in [5, 5.41) is 10.4. The highest BCUT2D eigenvalue weighted by Crippen LogP contribution is 2.35. The molecule has 8 heteroatoms. The number of morpholine rings is 1. The fraction of sp³-hybridized carbons (Fsp3) is 0.739. The molecule has 2 bridgehead atoms. The van der Waals surface area contributed by atoms with Gasteiger partial charge in [-0.15, -0.1) is 0 Å². The number of fused-ring (bicyclic) bond motifs is 4. The normalized spacial score (nSPS) is 33.7. The zero-order chi connectivity index (χ0) is 21.4. The van der Waals surface area contributed by atoms with Gasteiger partial charge in [-0.2, -0.15) is 0 Å². The molecule has 0 aliphatic carbocycles. The van der Waals surface area contributed by atoms with E-state index in [1.54, 1.807) is 11.0 Å². The molecule has 0 spiro atoms. The van der Waals surface area contributed by atoms with E-state index in [1.807, 2.05) is 10.6 Å². The van der Waals surface area contributed by atoms with E-state index in [0.717, 1.165) is 45.4 Å². The Kier molecular flexibility index (Phi) is 6.14. The smallest absolute Gasteiger partial charge is 0.254 e. The average molecular weight is 432 g/mol. The van der Waals surface area contributed by atoms with Crippen molar-refractivity contribution in [2.24, 2.45) is 5.92 Å². The van der Waals surface area contributed by atoms with E-state index in [1.165, 1.54) is 5.69 Å². The molecule has 170 valence electrons. The van der Waals surface area contributed by atoms with E-state index in [-0.39, 0.29) is 17.6 Å². The maximum Gasteiger partial charge on any atom is 0.254 e. The topological polar surface area (TPSA) is 84.2 Å². The number of pyridine rings is 1. The van der Waals surface area contributed by atoms with Crippen LogP contribution in [0, 0.1) is 5.92 Å². The van der Waals surface area contributed by atoms with E-state index < -0.39 is 12.2 Å². The monoisotopic (exact) mass is 431 g/mol. The first-order valence-corrected chi connectivity index (χ1v) is 11.7. The number of carbonyl (C=O) groups is 1. The van der Waals surface area contributed by atoms with Crippen LogP contribution in [0.2, 0.25) is 0 Å². The van der Waals surface area contributed by atoms with Crippen LogP contribution in [0.5, 0.6) is 0 Å². The van der Waals surface area contributed by atoms with E-state index in [2.05, 4.69) is 11.0 Å². The Hall–Kier alpha value is -1.74. The fourth-order valence-corrected chi connectivity index (χ4v) is 5.78. The van der Waals surface area contributed by atoms with Crippen LogP contribution < -0.4 is 5.56 Å². The number of amides is 1. The molecule has 1 N–H and O–H groups in total. The number of aliphatic hydroxyl groups excluding tert-OH is 1. The molecule has 31 heavy (non-hydrogen) atoms. The van der Waals surface area contributed by atoms with Crippen molar-refractivity contribution in [1.82, 2.24) is 14.4 Å². The largest absolute Gasteiger partial charge is 0.390 e. The van der Waals surface area contributed by atoms with Crippen molar-refractivity contribution in [2.75, 3.05) is 45.9 Å². The highest BCUT2D eigenvalue weighted by Gasteiger charge is 2.39. The molecule has 5 heterocycles. The number of nitrogens with zero attached hydrogens (tertiary/aromatic N) is 3.